The minimum Gasteiger partial charge on any atom is -0.512 e. The molecule has 2 heterocycles. The van der Waals surface area contributed by atoms with Crippen LogP contribution in [0.15, 0.2) is 84.8 Å². The van der Waals surface area contributed by atoms with Gasteiger partial charge in [-0.2, -0.15) is 0 Å². The van der Waals surface area contributed by atoms with Crippen molar-refractivity contribution in [3.63, 3.8) is 0 Å². The number of rotatable bonds is 8. The number of allylic oxidation sites excluding steroid dienone is 2. The summed E-state index contributed by atoms with van der Waals surface area (Å²) in [4.78, 5) is 16.2. The molecule has 0 unspecified atom stereocenters. The maximum Gasteiger partial charge on any atom is 0.162 e. The van der Waals surface area contributed by atoms with Crippen LogP contribution in [0.5, 0.6) is 11.5 Å². The van der Waals surface area contributed by atoms with Crippen molar-refractivity contribution in [1.29, 1.82) is 0 Å². The van der Waals surface area contributed by atoms with E-state index in [0.717, 1.165) is 54.0 Å². The fourth-order valence-electron chi connectivity index (χ4n) is 5.01. The van der Waals surface area contributed by atoms with Crippen molar-refractivity contribution >= 4 is 16.6 Å². The van der Waals surface area contributed by atoms with Crippen LogP contribution in [0.3, 0.4) is 0 Å². The Morgan fingerprint density at radius 1 is 0.897 bits per heavy atom. The first kappa shape index (κ1) is 30.3. The molecule has 0 saturated heterocycles. The number of ether oxygens (including phenoxy) is 1. The van der Waals surface area contributed by atoms with E-state index < -0.39 is 0 Å². The van der Waals surface area contributed by atoms with Gasteiger partial charge in [0.2, 0.25) is 0 Å². The molecule has 0 amide bonds. The Balaban J connectivity index is 0.000000233. The van der Waals surface area contributed by atoms with E-state index in [4.69, 9.17) is 4.74 Å². The van der Waals surface area contributed by atoms with Gasteiger partial charge in [-0.05, 0) is 54.5 Å². The number of aliphatic hydroxyl groups is 1. The van der Waals surface area contributed by atoms with Gasteiger partial charge in [-0.3, -0.25) is 4.79 Å². The Labute approximate surface area is 245 Å². The van der Waals surface area contributed by atoms with Crippen LogP contribution in [0.2, 0.25) is 0 Å². The SMILES string of the molecule is CCC(CC)C(=O)/C=C(\O)C(CC)CC.[Ir].[c-]1ccc2c(c1-c1ccccn1)Oc1cccc3cccc-2c13. The summed E-state index contributed by atoms with van der Waals surface area (Å²) < 4.78 is 6.26. The van der Waals surface area contributed by atoms with Crippen LogP contribution in [0.4, 0.5) is 0 Å². The van der Waals surface area contributed by atoms with Gasteiger partial charge in [0.25, 0.3) is 0 Å². The number of carbonyl (C=O) groups is 1. The molecule has 39 heavy (non-hydrogen) atoms. The second-order valence-corrected chi connectivity index (χ2v) is 9.57. The zero-order chi connectivity index (χ0) is 27.1. The van der Waals surface area contributed by atoms with Crippen LogP contribution in [-0.2, 0) is 24.9 Å². The van der Waals surface area contributed by atoms with Gasteiger partial charge in [-0.15, -0.1) is 18.2 Å². The van der Waals surface area contributed by atoms with Gasteiger partial charge in [0.15, 0.2) is 5.78 Å². The Hall–Kier alpha value is -3.27. The van der Waals surface area contributed by atoms with Crippen molar-refractivity contribution < 1.29 is 34.7 Å². The van der Waals surface area contributed by atoms with Crippen molar-refractivity contribution in [3.8, 4) is 33.9 Å². The molecule has 4 nitrogen and oxygen atoms in total. The number of aliphatic hydroxyl groups excluding tert-OH is 1. The smallest absolute Gasteiger partial charge is 0.162 e. The van der Waals surface area contributed by atoms with Crippen LogP contribution in [0.1, 0.15) is 53.4 Å². The molecule has 0 fully saturated rings. The summed E-state index contributed by atoms with van der Waals surface area (Å²) in [6, 6.07) is 25.7. The topological polar surface area (TPSA) is 59.4 Å². The van der Waals surface area contributed by atoms with E-state index in [-0.39, 0.29) is 43.5 Å². The Morgan fingerprint density at radius 2 is 1.59 bits per heavy atom. The molecule has 1 radical (unpaired) electrons. The molecule has 0 spiro atoms. The van der Waals surface area contributed by atoms with Gasteiger partial charge < -0.3 is 14.8 Å². The summed E-state index contributed by atoms with van der Waals surface area (Å²) in [6.45, 7) is 8.07. The monoisotopic (exact) mass is 699 g/mol. The van der Waals surface area contributed by atoms with E-state index in [9.17, 15) is 9.90 Å². The summed E-state index contributed by atoms with van der Waals surface area (Å²) in [7, 11) is 0. The molecule has 4 aromatic rings. The van der Waals surface area contributed by atoms with Gasteiger partial charge in [0.05, 0.1) is 11.5 Å². The molecule has 1 aliphatic rings. The molecule has 1 aliphatic heterocycles. The van der Waals surface area contributed by atoms with Crippen LogP contribution < -0.4 is 4.74 Å². The number of carbonyl (C=O) groups excluding carboxylic acids is 1. The van der Waals surface area contributed by atoms with Gasteiger partial charge in [-0.25, -0.2) is 0 Å². The van der Waals surface area contributed by atoms with Crippen LogP contribution in [0, 0.1) is 17.9 Å². The molecule has 0 aliphatic carbocycles. The standard InChI is InChI=1S/C21H12NO.C13H24O2.Ir/c1-2-13-22-18(11-1)17-10-5-9-16-15-8-3-6-14-7-4-12-19(20(14)15)23-21(16)17;1-5-10(6-2)12(14)9-13(15)11(7-3)8-4;/h1-9,11-13H;9-11,14H,5-8H2,1-4H3;/q-1;;/b;12-9-;. The minimum atomic E-state index is 0. The van der Waals surface area contributed by atoms with Crippen molar-refractivity contribution in [2.75, 3.05) is 0 Å². The van der Waals surface area contributed by atoms with Gasteiger partial charge in [0.1, 0.15) is 5.75 Å². The molecule has 0 saturated carbocycles. The number of benzene rings is 3. The molecule has 205 valence electrons. The number of hydrogen-bond donors (Lipinski definition) is 1. The first-order chi connectivity index (χ1) is 18.5. The van der Waals surface area contributed by atoms with E-state index in [2.05, 4.69) is 41.4 Å². The molecule has 0 atom stereocenters. The Bertz CT molecular complexity index is 1420. The van der Waals surface area contributed by atoms with Crippen LogP contribution in [0.25, 0.3) is 33.2 Å². The second-order valence-electron chi connectivity index (χ2n) is 9.57. The predicted octanol–water partition coefficient (Wildman–Crippen LogP) is 9.34. The summed E-state index contributed by atoms with van der Waals surface area (Å²) in [5, 5.41) is 12.1. The van der Waals surface area contributed by atoms with Gasteiger partial charge in [0, 0.05) is 49.6 Å². The van der Waals surface area contributed by atoms with Gasteiger partial charge >= 0.3 is 0 Å². The number of pyridine rings is 1. The van der Waals surface area contributed by atoms with Crippen LogP contribution in [-0.4, -0.2) is 15.9 Å². The summed E-state index contributed by atoms with van der Waals surface area (Å²) in [5.41, 5.74) is 4.06. The van der Waals surface area contributed by atoms with E-state index in [0.29, 0.717) is 0 Å². The van der Waals surface area contributed by atoms with Crippen molar-refractivity contribution in [1.82, 2.24) is 4.98 Å². The van der Waals surface area contributed by atoms with E-state index >= 15 is 0 Å². The second kappa shape index (κ2) is 14.2. The summed E-state index contributed by atoms with van der Waals surface area (Å²) in [6.07, 6.45) is 6.70. The van der Waals surface area contributed by atoms with E-state index in [1.54, 1.807) is 6.20 Å². The van der Waals surface area contributed by atoms with Crippen LogP contribution >= 0.6 is 0 Å². The maximum atomic E-state index is 11.7. The number of fused-ring (bicyclic) bond motifs is 2. The maximum absolute atomic E-state index is 11.7. The fourth-order valence-corrected chi connectivity index (χ4v) is 5.01. The molecule has 0 bridgehead atoms. The molecule has 1 N–H and O–H groups in total. The van der Waals surface area contributed by atoms with Crippen molar-refractivity contribution in [2.24, 2.45) is 11.8 Å². The van der Waals surface area contributed by atoms with Crippen molar-refractivity contribution in [2.45, 2.75) is 53.4 Å². The van der Waals surface area contributed by atoms with Gasteiger partial charge in [-0.1, -0.05) is 81.3 Å². The quantitative estimate of drug-likeness (QED) is 0.0997. The third kappa shape index (κ3) is 6.66. The van der Waals surface area contributed by atoms with Crippen molar-refractivity contribution in [3.05, 3.63) is 90.8 Å². The predicted molar refractivity (Wildman–Crippen MR) is 155 cm³/mol. The molecule has 3 aromatic carbocycles. The molecular weight excluding hydrogens is 663 g/mol. The normalized spacial score (nSPS) is 11.8. The molecule has 5 heteroatoms. The summed E-state index contributed by atoms with van der Waals surface area (Å²) in [5.74, 6) is 2.27. The number of hydrogen-bond acceptors (Lipinski definition) is 4. The number of aromatic nitrogens is 1. The minimum absolute atomic E-state index is 0. The van der Waals surface area contributed by atoms with E-state index in [1.165, 1.54) is 22.4 Å². The Kier molecular flexibility index (Phi) is 11.0. The summed E-state index contributed by atoms with van der Waals surface area (Å²) >= 11 is 0. The average Bonchev–Trinajstić information content (AvgIpc) is 2.95. The first-order valence-corrected chi connectivity index (χ1v) is 13.6. The third-order valence-electron chi connectivity index (χ3n) is 7.32. The largest absolute Gasteiger partial charge is 0.512 e. The first-order valence-electron chi connectivity index (χ1n) is 13.6. The molecular formula is C34H36IrNO3-. The zero-order valence-corrected chi connectivity index (χ0v) is 25.4. The fraction of sp³-hybridized carbons (Fsp3) is 0.294. The van der Waals surface area contributed by atoms with E-state index in [1.807, 2.05) is 64.1 Å². The zero-order valence-electron chi connectivity index (χ0n) is 23.0. The molecule has 1 aromatic heterocycles. The third-order valence-corrected chi connectivity index (χ3v) is 7.32. The average molecular weight is 699 g/mol. The number of nitrogens with zero attached hydrogens (tertiary/aromatic N) is 1. The molecule has 5 rings (SSSR count). The Morgan fingerprint density at radius 3 is 2.23 bits per heavy atom. The number of ketones is 1.